The molecular weight excluding hydrogens is 288 g/mol. The molecule has 110 valence electrons. The molecule has 2 heterocycles. The lowest BCUT2D eigenvalue weighted by atomic mass is 10.0. The molecule has 3 nitrogen and oxygen atoms in total. The van der Waals surface area contributed by atoms with Crippen molar-refractivity contribution >= 4 is 29.0 Å². The number of hydrogen-bond acceptors (Lipinski definition) is 4. The highest BCUT2D eigenvalue weighted by atomic mass is 32.2. The van der Waals surface area contributed by atoms with Crippen LogP contribution in [0.5, 0.6) is 0 Å². The maximum absolute atomic E-state index is 12.7. The number of rotatable bonds is 3. The summed E-state index contributed by atoms with van der Waals surface area (Å²) in [4.78, 5) is 17.0. The lowest BCUT2D eigenvalue weighted by Gasteiger charge is -2.28. The van der Waals surface area contributed by atoms with Crippen LogP contribution < -0.4 is 5.73 Å². The van der Waals surface area contributed by atoms with Gasteiger partial charge in [-0.15, -0.1) is 11.3 Å². The van der Waals surface area contributed by atoms with Gasteiger partial charge < -0.3 is 10.6 Å². The molecule has 2 N–H and O–H groups in total. The van der Waals surface area contributed by atoms with Crippen LogP contribution in [-0.4, -0.2) is 36.2 Å². The van der Waals surface area contributed by atoms with E-state index in [1.807, 2.05) is 23.7 Å². The third-order valence-corrected chi connectivity index (χ3v) is 6.81. The number of carbonyl (C=O) groups is 1. The van der Waals surface area contributed by atoms with Gasteiger partial charge in [-0.1, -0.05) is 6.42 Å². The van der Waals surface area contributed by atoms with E-state index < -0.39 is 0 Å². The molecule has 0 spiro atoms. The van der Waals surface area contributed by atoms with Crippen LogP contribution in [0.4, 0.5) is 0 Å². The largest absolute Gasteiger partial charge is 0.338 e. The van der Waals surface area contributed by atoms with Gasteiger partial charge in [0.2, 0.25) is 0 Å². The number of fused-ring (bicyclic) bond motifs is 1. The van der Waals surface area contributed by atoms with Crippen molar-refractivity contribution in [2.75, 3.05) is 19.3 Å². The second kappa shape index (κ2) is 6.08. The van der Waals surface area contributed by atoms with E-state index in [1.165, 1.54) is 22.6 Å². The second-order valence-electron chi connectivity index (χ2n) is 5.77. The number of aryl methyl sites for hydroxylation is 1. The topological polar surface area (TPSA) is 46.3 Å². The fourth-order valence-corrected chi connectivity index (χ4v) is 5.73. The van der Waals surface area contributed by atoms with Gasteiger partial charge in [0.25, 0.3) is 5.91 Å². The highest BCUT2D eigenvalue weighted by Crippen LogP contribution is 2.34. The van der Waals surface area contributed by atoms with Crippen molar-refractivity contribution in [3.63, 3.8) is 0 Å². The lowest BCUT2D eigenvalue weighted by Crippen LogP contribution is -2.41. The Kier molecular flexibility index (Phi) is 4.38. The Labute approximate surface area is 128 Å². The maximum Gasteiger partial charge on any atom is 0.263 e. The molecular formula is C15H22N2OS2. The zero-order chi connectivity index (χ0) is 14.1. The predicted molar refractivity (Wildman–Crippen MR) is 86.5 cm³/mol. The van der Waals surface area contributed by atoms with Gasteiger partial charge in [0, 0.05) is 23.7 Å². The quantitative estimate of drug-likeness (QED) is 0.934. The SMILES string of the molecule is CN(C(=O)c1cc2c(s1)CCSC2)C1CCCC1CN. The van der Waals surface area contributed by atoms with E-state index in [-0.39, 0.29) is 5.91 Å². The highest BCUT2D eigenvalue weighted by molar-refractivity contribution is 7.98. The number of thioether (sulfide) groups is 1. The molecule has 0 bridgehead atoms. The third-order valence-electron chi connectivity index (χ3n) is 4.58. The Bertz CT molecular complexity index is 477. The summed E-state index contributed by atoms with van der Waals surface area (Å²) in [5, 5.41) is 0. The Balaban J connectivity index is 1.76. The van der Waals surface area contributed by atoms with Crippen LogP contribution in [0.15, 0.2) is 6.07 Å². The van der Waals surface area contributed by atoms with Crippen molar-refractivity contribution in [2.24, 2.45) is 11.7 Å². The van der Waals surface area contributed by atoms with Crippen LogP contribution >= 0.6 is 23.1 Å². The van der Waals surface area contributed by atoms with Crippen LogP contribution in [0.1, 0.15) is 39.4 Å². The first-order chi connectivity index (χ1) is 9.70. The minimum absolute atomic E-state index is 0.194. The second-order valence-corrected chi connectivity index (χ2v) is 8.01. The van der Waals surface area contributed by atoms with Gasteiger partial charge in [-0.25, -0.2) is 0 Å². The minimum atomic E-state index is 0.194. The van der Waals surface area contributed by atoms with Crippen LogP contribution in [-0.2, 0) is 12.2 Å². The molecule has 0 saturated heterocycles. The zero-order valence-corrected chi connectivity index (χ0v) is 13.6. The number of nitrogens with two attached hydrogens (primary N) is 1. The van der Waals surface area contributed by atoms with Crippen molar-refractivity contribution in [2.45, 2.75) is 37.5 Å². The normalized spacial score (nSPS) is 25.5. The average molecular weight is 310 g/mol. The van der Waals surface area contributed by atoms with Gasteiger partial charge in [-0.05, 0) is 49.1 Å². The van der Waals surface area contributed by atoms with E-state index >= 15 is 0 Å². The summed E-state index contributed by atoms with van der Waals surface area (Å²) in [5.74, 6) is 2.93. The molecule has 5 heteroatoms. The van der Waals surface area contributed by atoms with Gasteiger partial charge in [0.15, 0.2) is 0 Å². The number of carbonyl (C=O) groups excluding carboxylic acids is 1. The molecule has 2 aliphatic rings. The Morgan fingerprint density at radius 1 is 1.50 bits per heavy atom. The van der Waals surface area contributed by atoms with Crippen molar-refractivity contribution in [1.29, 1.82) is 0 Å². The summed E-state index contributed by atoms with van der Waals surface area (Å²) in [6.45, 7) is 0.694. The zero-order valence-electron chi connectivity index (χ0n) is 11.9. The van der Waals surface area contributed by atoms with E-state index in [4.69, 9.17) is 5.73 Å². The summed E-state index contributed by atoms with van der Waals surface area (Å²) >= 11 is 3.67. The van der Waals surface area contributed by atoms with Crippen LogP contribution in [0.25, 0.3) is 0 Å². The molecule has 3 rings (SSSR count). The summed E-state index contributed by atoms with van der Waals surface area (Å²) in [5.41, 5.74) is 7.22. The smallest absolute Gasteiger partial charge is 0.263 e. The van der Waals surface area contributed by atoms with Gasteiger partial charge in [-0.3, -0.25) is 4.79 Å². The molecule has 1 aliphatic heterocycles. The molecule has 1 aromatic rings. The fraction of sp³-hybridized carbons (Fsp3) is 0.667. The molecule has 1 aromatic heterocycles. The maximum atomic E-state index is 12.7. The van der Waals surface area contributed by atoms with E-state index in [0.717, 1.165) is 29.9 Å². The van der Waals surface area contributed by atoms with Crippen LogP contribution in [0.2, 0.25) is 0 Å². The van der Waals surface area contributed by atoms with Crippen molar-refractivity contribution in [3.8, 4) is 0 Å². The number of nitrogens with zero attached hydrogens (tertiary/aromatic N) is 1. The average Bonchev–Trinajstić information content (AvgIpc) is 3.11. The van der Waals surface area contributed by atoms with Gasteiger partial charge >= 0.3 is 0 Å². The monoisotopic (exact) mass is 310 g/mol. The summed E-state index contributed by atoms with van der Waals surface area (Å²) in [7, 11) is 1.95. The van der Waals surface area contributed by atoms with Crippen molar-refractivity contribution in [3.05, 3.63) is 21.4 Å². The Hall–Kier alpha value is -0.520. The highest BCUT2D eigenvalue weighted by Gasteiger charge is 2.32. The molecule has 1 fully saturated rings. The standard InChI is InChI=1S/C15H22N2OS2/c1-17(12-4-2-3-10(12)8-16)15(18)14-7-11-9-19-6-5-13(11)20-14/h7,10,12H,2-6,8-9,16H2,1H3. The van der Waals surface area contributed by atoms with E-state index in [1.54, 1.807) is 11.3 Å². The Morgan fingerprint density at radius 2 is 2.35 bits per heavy atom. The lowest BCUT2D eigenvalue weighted by molar-refractivity contribution is 0.0705. The third kappa shape index (κ3) is 2.63. The fourth-order valence-electron chi connectivity index (χ4n) is 3.38. The summed E-state index contributed by atoms with van der Waals surface area (Å²) in [6, 6.07) is 2.46. The number of thiophene rings is 1. The first-order valence-electron chi connectivity index (χ1n) is 7.37. The number of amides is 1. The Morgan fingerprint density at radius 3 is 3.10 bits per heavy atom. The van der Waals surface area contributed by atoms with E-state index in [0.29, 0.717) is 18.5 Å². The van der Waals surface area contributed by atoms with Gasteiger partial charge in [0.1, 0.15) is 0 Å². The van der Waals surface area contributed by atoms with Gasteiger partial charge in [-0.2, -0.15) is 11.8 Å². The molecule has 2 unspecified atom stereocenters. The minimum Gasteiger partial charge on any atom is -0.338 e. The van der Waals surface area contributed by atoms with Gasteiger partial charge in [0.05, 0.1) is 4.88 Å². The molecule has 1 saturated carbocycles. The molecule has 0 radical (unpaired) electrons. The first kappa shape index (κ1) is 14.4. The summed E-state index contributed by atoms with van der Waals surface area (Å²) in [6.07, 6.45) is 4.58. The van der Waals surface area contributed by atoms with E-state index in [2.05, 4.69) is 6.07 Å². The summed E-state index contributed by atoms with van der Waals surface area (Å²) < 4.78 is 0. The van der Waals surface area contributed by atoms with Crippen LogP contribution in [0.3, 0.4) is 0 Å². The first-order valence-corrected chi connectivity index (χ1v) is 9.34. The molecule has 2 atom stereocenters. The van der Waals surface area contributed by atoms with E-state index in [9.17, 15) is 4.79 Å². The molecule has 20 heavy (non-hydrogen) atoms. The number of hydrogen-bond donors (Lipinski definition) is 1. The van der Waals surface area contributed by atoms with Crippen molar-refractivity contribution in [1.82, 2.24) is 4.90 Å². The molecule has 1 amide bonds. The molecule has 1 aliphatic carbocycles. The van der Waals surface area contributed by atoms with Crippen molar-refractivity contribution < 1.29 is 4.79 Å². The van der Waals surface area contributed by atoms with Crippen LogP contribution in [0, 0.1) is 5.92 Å². The predicted octanol–water partition coefficient (Wildman–Crippen LogP) is 2.74. The molecule has 0 aromatic carbocycles.